The van der Waals surface area contributed by atoms with Gasteiger partial charge in [0.05, 0.1) is 16.1 Å². The van der Waals surface area contributed by atoms with Gasteiger partial charge in [0, 0.05) is 16.5 Å². The van der Waals surface area contributed by atoms with Crippen LogP contribution in [0, 0.1) is 0 Å². The molecule has 2 nitrogen and oxygen atoms in total. The maximum atomic E-state index is 9.63. The zero-order valence-electron chi connectivity index (χ0n) is 11.1. The summed E-state index contributed by atoms with van der Waals surface area (Å²) in [6, 6.07) is 21.9. The molecule has 0 bridgehead atoms. The Kier molecular flexibility index (Phi) is 2.66. The van der Waals surface area contributed by atoms with Crippen molar-refractivity contribution in [1.82, 2.24) is 4.57 Å². The van der Waals surface area contributed by atoms with E-state index in [1.807, 2.05) is 30.3 Å². The molecule has 3 heteroatoms. The van der Waals surface area contributed by atoms with Crippen LogP contribution in [0.15, 0.2) is 66.7 Å². The Hall–Kier alpha value is -2.45. The number of benzene rings is 3. The summed E-state index contributed by atoms with van der Waals surface area (Å²) in [5.41, 5.74) is 3.19. The first-order chi connectivity index (χ1) is 10.3. The molecule has 1 N–H and O–H groups in total. The van der Waals surface area contributed by atoms with E-state index in [9.17, 15) is 5.11 Å². The predicted octanol–water partition coefficient (Wildman–Crippen LogP) is 5.14. The van der Waals surface area contributed by atoms with E-state index in [0.717, 1.165) is 16.7 Å². The van der Waals surface area contributed by atoms with Crippen LogP contribution in [0.1, 0.15) is 0 Å². The summed E-state index contributed by atoms with van der Waals surface area (Å²) in [4.78, 5) is 0. The SMILES string of the molecule is Oc1ccc(-n2c3ccccc3c3ccccc32)cc1Cl. The van der Waals surface area contributed by atoms with E-state index in [4.69, 9.17) is 11.6 Å². The van der Waals surface area contributed by atoms with Crippen LogP contribution in [0.3, 0.4) is 0 Å². The van der Waals surface area contributed by atoms with Crippen LogP contribution in [-0.2, 0) is 0 Å². The summed E-state index contributed by atoms with van der Waals surface area (Å²) in [5.74, 6) is 0.0983. The van der Waals surface area contributed by atoms with Crippen LogP contribution in [0.5, 0.6) is 5.75 Å². The van der Waals surface area contributed by atoms with Crippen LogP contribution >= 0.6 is 11.6 Å². The van der Waals surface area contributed by atoms with Gasteiger partial charge in [-0.3, -0.25) is 0 Å². The number of hydrogen-bond acceptors (Lipinski definition) is 1. The highest BCUT2D eigenvalue weighted by Crippen LogP contribution is 2.33. The van der Waals surface area contributed by atoms with Gasteiger partial charge in [-0.15, -0.1) is 0 Å². The van der Waals surface area contributed by atoms with Crippen molar-refractivity contribution in [1.29, 1.82) is 0 Å². The largest absolute Gasteiger partial charge is 0.506 e. The Bertz CT molecular complexity index is 918. The van der Waals surface area contributed by atoms with E-state index >= 15 is 0 Å². The molecule has 0 aliphatic carbocycles. The minimum Gasteiger partial charge on any atom is -0.506 e. The van der Waals surface area contributed by atoms with Crippen molar-refractivity contribution in [2.75, 3.05) is 0 Å². The third kappa shape index (κ3) is 1.80. The molecular formula is C18H12ClNO. The fourth-order valence-corrected chi connectivity index (χ4v) is 3.01. The second kappa shape index (κ2) is 4.54. The van der Waals surface area contributed by atoms with Crippen molar-refractivity contribution in [3.63, 3.8) is 0 Å². The summed E-state index contributed by atoms with van der Waals surface area (Å²) < 4.78 is 2.16. The fourth-order valence-electron chi connectivity index (χ4n) is 2.84. The van der Waals surface area contributed by atoms with Crippen LogP contribution in [0.25, 0.3) is 27.5 Å². The van der Waals surface area contributed by atoms with E-state index in [0.29, 0.717) is 5.02 Å². The molecule has 102 valence electrons. The van der Waals surface area contributed by atoms with Gasteiger partial charge in [0.25, 0.3) is 0 Å². The Balaban J connectivity index is 2.17. The highest BCUT2D eigenvalue weighted by atomic mass is 35.5. The number of phenols is 1. The highest BCUT2D eigenvalue weighted by molar-refractivity contribution is 6.32. The first-order valence-corrected chi connectivity index (χ1v) is 7.10. The Morgan fingerprint density at radius 1 is 0.762 bits per heavy atom. The average molecular weight is 294 g/mol. The molecule has 1 aromatic heterocycles. The van der Waals surface area contributed by atoms with Gasteiger partial charge in [-0.2, -0.15) is 0 Å². The number of fused-ring (bicyclic) bond motifs is 3. The summed E-state index contributed by atoms with van der Waals surface area (Å²) in [5, 5.41) is 12.4. The number of phenolic OH excluding ortho intramolecular Hbond substituents is 1. The molecule has 0 unspecified atom stereocenters. The van der Waals surface area contributed by atoms with Gasteiger partial charge < -0.3 is 9.67 Å². The average Bonchev–Trinajstić information content (AvgIpc) is 2.85. The van der Waals surface area contributed by atoms with Crippen LogP contribution < -0.4 is 0 Å². The third-order valence-electron chi connectivity index (χ3n) is 3.77. The summed E-state index contributed by atoms with van der Waals surface area (Å²) in [6.45, 7) is 0. The maximum absolute atomic E-state index is 9.63. The fraction of sp³-hybridized carbons (Fsp3) is 0. The van der Waals surface area contributed by atoms with Crippen molar-refractivity contribution < 1.29 is 5.11 Å². The normalized spacial score (nSPS) is 11.3. The van der Waals surface area contributed by atoms with Gasteiger partial charge in [0.1, 0.15) is 5.75 Å². The summed E-state index contributed by atoms with van der Waals surface area (Å²) >= 11 is 6.07. The monoisotopic (exact) mass is 293 g/mol. The molecule has 0 aliphatic heterocycles. The third-order valence-corrected chi connectivity index (χ3v) is 4.07. The van der Waals surface area contributed by atoms with Gasteiger partial charge >= 0.3 is 0 Å². The van der Waals surface area contributed by atoms with E-state index in [1.54, 1.807) is 12.1 Å². The van der Waals surface area contributed by atoms with Crippen LogP contribution in [0.4, 0.5) is 0 Å². The molecule has 0 saturated heterocycles. The molecule has 0 spiro atoms. The molecule has 4 rings (SSSR count). The molecule has 0 saturated carbocycles. The lowest BCUT2D eigenvalue weighted by molar-refractivity contribution is 0.475. The van der Waals surface area contributed by atoms with Gasteiger partial charge in [0.2, 0.25) is 0 Å². The molecule has 3 aromatic carbocycles. The lowest BCUT2D eigenvalue weighted by Gasteiger charge is -2.08. The molecule has 0 fully saturated rings. The van der Waals surface area contributed by atoms with Gasteiger partial charge in [-0.25, -0.2) is 0 Å². The van der Waals surface area contributed by atoms with E-state index < -0.39 is 0 Å². The zero-order valence-corrected chi connectivity index (χ0v) is 11.9. The summed E-state index contributed by atoms with van der Waals surface area (Å²) in [6.07, 6.45) is 0. The number of para-hydroxylation sites is 2. The molecule has 0 atom stereocenters. The molecule has 0 amide bonds. The van der Waals surface area contributed by atoms with Crippen molar-refractivity contribution in [3.8, 4) is 11.4 Å². The maximum Gasteiger partial charge on any atom is 0.134 e. The number of aromatic nitrogens is 1. The van der Waals surface area contributed by atoms with Crippen molar-refractivity contribution in [2.45, 2.75) is 0 Å². The lowest BCUT2D eigenvalue weighted by atomic mass is 10.2. The zero-order chi connectivity index (χ0) is 14.4. The Morgan fingerprint density at radius 3 is 1.90 bits per heavy atom. The molecule has 0 radical (unpaired) electrons. The van der Waals surface area contributed by atoms with E-state index in [-0.39, 0.29) is 5.75 Å². The number of aromatic hydroxyl groups is 1. The molecule has 4 aromatic rings. The molecule has 21 heavy (non-hydrogen) atoms. The predicted molar refractivity (Wildman–Crippen MR) is 87.5 cm³/mol. The van der Waals surface area contributed by atoms with Crippen molar-refractivity contribution in [2.24, 2.45) is 0 Å². The van der Waals surface area contributed by atoms with Gasteiger partial charge in [-0.05, 0) is 30.3 Å². The molecule has 1 heterocycles. The minimum absolute atomic E-state index is 0.0983. The Labute approximate surface area is 126 Å². The van der Waals surface area contributed by atoms with Gasteiger partial charge in [-0.1, -0.05) is 48.0 Å². The van der Waals surface area contributed by atoms with Crippen LogP contribution in [0.2, 0.25) is 5.02 Å². The minimum atomic E-state index is 0.0983. The Morgan fingerprint density at radius 2 is 1.33 bits per heavy atom. The topological polar surface area (TPSA) is 25.2 Å². The van der Waals surface area contributed by atoms with E-state index in [2.05, 4.69) is 28.8 Å². The van der Waals surface area contributed by atoms with Gasteiger partial charge in [0.15, 0.2) is 0 Å². The summed E-state index contributed by atoms with van der Waals surface area (Å²) in [7, 11) is 0. The number of hydrogen-bond donors (Lipinski definition) is 1. The van der Waals surface area contributed by atoms with Crippen molar-refractivity contribution in [3.05, 3.63) is 71.8 Å². The number of rotatable bonds is 1. The molecule has 0 aliphatic rings. The quantitative estimate of drug-likeness (QED) is 0.516. The first kappa shape index (κ1) is 12.3. The van der Waals surface area contributed by atoms with Crippen LogP contribution in [-0.4, -0.2) is 9.67 Å². The van der Waals surface area contributed by atoms with Crippen molar-refractivity contribution >= 4 is 33.4 Å². The highest BCUT2D eigenvalue weighted by Gasteiger charge is 2.12. The first-order valence-electron chi connectivity index (χ1n) is 6.73. The number of halogens is 1. The lowest BCUT2D eigenvalue weighted by Crippen LogP contribution is -1.93. The smallest absolute Gasteiger partial charge is 0.134 e. The second-order valence-electron chi connectivity index (χ2n) is 5.01. The number of nitrogens with zero attached hydrogens (tertiary/aromatic N) is 1. The standard InChI is InChI=1S/C18H12ClNO/c19-15-11-12(9-10-18(15)21)20-16-7-3-1-5-13(16)14-6-2-4-8-17(14)20/h1-11,21H. The molecular weight excluding hydrogens is 282 g/mol. The van der Waals surface area contributed by atoms with E-state index in [1.165, 1.54) is 10.8 Å². The second-order valence-corrected chi connectivity index (χ2v) is 5.41.